The molecule has 13 heavy (non-hydrogen) atoms. The minimum absolute atomic E-state index is 0.391. The van der Waals surface area contributed by atoms with E-state index in [4.69, 9.17) is 4.74 Å². The van der Waals surface area contributed by atoms with Crippen molar-refractivity contribution in [2.24, 2.45) is 5.92 Å². The molecule has 0 aliphatic carbocycles. The molecule has 0 aromatic carbocycles. The molecule has 76 valence electrons. The van der Waals surface area contributed by atoms with Crippen LogP contribution >= 0.6 is 0 Å². The zero-order valence-corrected chi connectivity index (χ0v) is 8.68. The van der Waals surface area contributed by atoms with Crippen LogP contribution in [0.15, 0.2) is 0 Å². The summed E-state index contributed by atoms with van der Waals surface area (Å²) < 4.78 is 5.37. The lowest BCUT2D eigenvalue weighted by Gasteiger charge is -2.47. The average Bonchev–Trinajstić information content (AvgIpc) is 2.38. The third-order valence-electron chi connectivity index (χ3n) is 3.68. The summed E-state index contributed by atoms with van der Waals surface area (Å²) in [6.07, 6.45) is 1.33. The van der Waals surface area contributed by atoms with Gasteiger partial charge in [-0.2, -0.15) is 0 Å². The molecule has 0 saturated carbocycles. The van der Waals surface area contributed by atoms with Gasteiger partial charge in [0.15, 0.2) is 0 Å². The van der Waals surface area contributed by atoms with Crippen molar-refractivity contribution in [3.63, 3.8) is 0 Å². The molecular weight excluding hydrogens is 164 g/mol. The van der Waals surface area contributed by atoms with Gasteiger partial charge in [0.2, 0.25) is 0 Å². The monoisotopic (exact) mass is 184 g/mol. The number of rotatable bonds is 3. The molecule has 2 rings (SSSR count). The largest absolute Gasteiger partial charge is 0.377 e. The summed E-state index contributed by atoms with van der Waals surface area (Å²) in [4.78, 5) is 2.48. The van der Waals surface area contributed by atoms with Gasteiger partial charge in [0, 0.05) is 0 Å². The molecule has 2 aliphatic rings. The molecule has 0 bridgehead atoms. The number of likely N-dealkylation sites (N-methyl/N-ethyl adjacent to an activating group) is 1. The molecule has 2 aliphatic heterocycles. The van der Waals surface area contributed by atoms with Gasteiger partial charge in [0.05, 0.1) is 18.8 Å². The predicted octanol–water partition coefficient (Wildman–Crippen LogP) is 0.317. The highest BCUT2D eigenvalue weighted by Gasteiger charge is 2.51. The first-order valence-corrected chi connectivity index (χ1v) is 5.29. The average molecular weight is 184 g/mol. The Morgan fingerprint density at radius 1 is 1.54 bits per heavy atom. The maximum Gasteiger partial charge on any atom is 0.0717 e. The summed E-state index contributed by atoms with van der Waals surface area (Å²) in [6.45, 7) is 7.53. The Balaban J connectivity index is 1.95. The molecular formula is C10H20N2O. The highest BCUT2D eigenvalue weighted by molar-refractivity contribution is 5.05. The smallest absolute Gasteiger partial charge is 0.0717 e. The lowest BCUT2D eigenvalue weighted by atomic mass is 9.83. The molecule has 0 aromatic heterocycles. The van der Waals surface area contributed by atoms with Gasteiger partial charge < -0.3 is 10.1 Å². The fourth-order valence-corrected chi connectivity index (χ4v) is 2.53. The second kappa shape index (κ2) is 3.56. The Kier molecular flexibility index (Phi) is 2.58. The zero-order valence-electron chi connectivity index (χ0n) is 8.68. The number of hydrogen-bond acceptors (Lipinski definition) is 3. The molecule has 0 radical (unpaired) electrons. The van der Waals surface area contributed by atoms with E-state index in [1.807, 2.05) is 0 Å². The summed E-state index contributed by atoms with van der Waals surface area (Å²) in [5, 5.41) is 3.45. The van der Waals surface area contributed by atoms with E-state index < -0.39 is 0 Å². The molecule has 3 heteroatoms. The van der Waals surface area contributed by atoms with E-state index in [9.17, 15) is 0 Å². The summed E-state index contributed by atoms with van der Waals surface area (Å²) in [5.41, 5.74) is 0.391. The number of nitrogens with one attached hydrogen (secondary N) is 1. The summed E-state index contributed by atoms with van der Waals surface area (Å²) in [7, 11) is 2.23. The van der Waals surface area contributed by atoms with Crippen molar-refractivity contribution in [2.45, 2.75) is 18.9 Å². The minimum Gasteiger partial charge on any atom is -0.377 e. The van der Waals surface area contributed by atoms with E-state index in [0.29, 0.717) is 5.54 Å². The van der Waals surface area contributed by atoms with Crippen LogP contribution in [0.2, 0.25) is 0 Å². The maximum atomic E-state index is 5.37. The number of nitrogens with zero attached hydrogens (tertiary/aromatic N) is 1. The second-order valence-corrected chi connectivity index (χ2v) is 4.31. The van der Waals surface area contributed by atoms with Crippen molar-refractivity contribution in [3.8, 4) is 0 Å². The zero-order chi connectivity index (χ0) is 9.31. The van der Waals surface area contributed by atoms with Gasteiger partial charge in [-0.05, 0) is 39.0 Å². The Bertz CT molecular complexity index is 180. The van der Waals surface area contributed by atoms with Crippen molar-refractivity contribution in [2.75, 3.05) is 39.9 Å². The van der Waals surface area contributed by atoms with Crippen molar-refractivity contribution < 1.29 is 4.74 Å². The third kappa shape index (κ3) is 1.39. The molecule has 2 fully saturated rings. The Morgan fingerprint density at radius 2 is 2.31 bits per heavy atom. The number of hydrogen-bond donors (Lipinski definition) is 1. The normalized spacial score (nSPS) is 32.3. The molecule has 1 atom stereocenters. The molecule has 0 aromatic rings. The molecule has 3 nitrogen and oxygen atoms in total. The van der Waals surface area contributed by atoms with Gasteiger partial charge in [0.1, 0.15) is 0 Å². The Morgan fingerprint density at radius 3 is 2.85 bits per heavy atom. The van der Waals surface area contributed by atoms with E-state index in [0.717, 1.165) is 32.2 Å². The summed E-state index contributed by atoms with van der Waals surface area (Å²) >= 11 is 0. The molecule has 2 saturated heterocycles. The second-order valence-electron chi connectivity index (χ2n) is 4.31. The SMILES string of the molecule is CCNCC1CCN(C)C12COC2. The van der Waals surface area contributed by atoms with Crippen molar-refractivity contribution >= 4 is 0 Å². The predicted molar refractivity (Wildman–Crippen MR) is 52.8 cm³/mol. The summed E-state index contributed by atoms with van der Waals surface area (Å²) in [5.74, 6) is 0.797. The van der Waals surface area contributed by atoms with Crippen LogP contribution in [-0.2, 0) is 4.74 Å². The number of likely N-dealkylation sites (tertiary alicyclic amines) is 1. The Hall–Kier alpha value is -0.120. The first-order valence-electron chi connectivity index (χ1n) is 5.29. The van der Waals surface area contributed by atoms with E-state index in [-0.39, 0.29) is 0 Å². The molecule has 1 N–H and O–H groups in total. The van der Waals surface area contributed by atoms with Gasteiger partial charge in [-0.3, -0.25) is 4.90 Å². The van der Waals surface area contributed by atoms with Crippen molar-refractivity contribution in [1.29, 1.82) is 0 Å². The first kappa shape index (κ1) is 9.44. The lowest BCUT2D eigenvalue weighted by molar-refractivity contribution is -0.135. The lowest BCUT2D eigenvalue weighted by Crippen LogP contribution is -2.62. The molecule has 0 amide bonds. The van der Waals surface area contributed by atoms with Crippen molar-refractivity contribution in [1.82, 2.24) is 10.2 Å². The van der Waals surface area contributed by atoms with Crippen LogP contribution in [0, 0.1) is 5.92 Å². The van der Waals surface area contributed by atoms with Gasteiger partial charge >= 0.3 is 0 Å². The first-order chi connectivity index (χ1) is 6.29. The van der Waals surface area contributed by atoms with E-state index >= 15 is 0 Å². The van der Waals surface area contributed by atoms with Crippen LogP contribution in [-0.4, -0.2) is 50.3 Å². The fraction of sp³-hybridized carbons (Fsp3) is 1.00. The standard InChI is InChI=1S/C10H20N2O/c1-3-11-6-9-4-5-12(2)10(9)7-13-8-10/h9,11H,3-8H2,1-2H3. The highest BCUT2D eigenvalue weighted by Crippen LogP contribution is 2.39. The van der Waals surface area contributed by atoms with Crippen LogP contribution in [0.5, 0.6) is 0 Å². The van der Waals surface area contributed by atoms with E-state index in [1.165, 1.54) is 13.0 Å². The van der Waals surface area contributed by atoms with E-state index in [1.54, 1.807) is 0 Å². The van der Waals surface area contributed by atoms with Crippen LogP contribution in [0.1, 0.15) is 13.3 Å². The topological polar surface area (TPSA) is 24.5 Å². The van der Waals surface area contributed by atoms with Crippen molar-refractivity contribution in [3.05, 3.63) is 0 Å². The quantitative estimate of drug-likeness (QED) is 0.683. The minimum atomic E-state index is 0.391. The highest BCUT2D eigenvalue weighted by atomic mass is 16.5. The summed E-state index contributed by atoms with van der Waals surface area (Å²) in [6, 6.07) is 0. The van der Waals surface area contributed by atoms with E-state index in [2.05, 4.69) is 24.2 Å². The third-order valence-corrected chi connectivity index (χ3v) is 3.68. The molecule has 1 unspecified atom stereocenters. The van der Waals surface area contributed by atoms with Gasteiger partial charge in [-0.25, -0.2) is 0 Å². The maximum absolute atomic E-state index is 5.37. The van der Waals surface area contributed by atoms with Gasteiger partial charge in [-0.15, -0.1) is 0 Å². The molecule has 1 spiro atoms. The Labute approximate surface area is 80.4 Å². The van der Waals surface area contributed by atoms with Crippen LogP contribution in [0.3, 0.4) is 0 Å². The van der Waals surface area contributed by atoms with Crippen LogP contribution in [0.25, 0.3) is 0 Å². The van der Waals surface area contributed by atoms with Crippen LogP contribution < -0.4 is 5.32 Å². The fourth-order valence-electron chi connectivity index (χ4n) is 2.53. The van der Waals surface area contributed by atoms with Crippen LogP contribution in [0.4, 0.5) is 0 Å². The molecule has 2 heterocycles. The van der Waals surface area contributed by atoms with Gasteiger partial charge in [0.25, 0.3) is 0 Å². The number of ether oxygens (including phenoxy) is 1. The van der Waals surface area contributed by atoms with Gasteiger partial charge in [-0.1, -0.05) is 6.92 Å².